The lowest BCUT2D eigenvalue weighted by molar-refractivity contribution is -0.142. The summed E-state index contributed by atoms with van der Waals surface area (Å²) in [7, 11) is 0. The number of carbonyl (C=O) groups excluding carboxylic acids is 1. The van der Waals surface area contributed by atoms with Gasteiger partial charge in [0.25, 0.3) is 5.56 Å². The summed E-state index contributed by atoms with van der Waals surface area (Å²) in [5.74, 6) is -0.0538. The lowest BCUT2D eigenvalue weighted by Crippen LogP contribution is -2.27. The highest BCUT2D eigenvalue weighted by Crippen LogP contribution is 2.14. The van der Waals surface area contributed by atoms with Gasteiger partial charge in [0.1, 0.15) is 5.52 Å². The van der Waals surface area contributed by atoms with E-state index in [4.69, 9.17) is 4.74 Å². The summed E-state index contributed by atoms with van der Waals surface area (Å²) >= 11 is 2.10. The van der Waals surface area contributed by atoms with Crippen LogP contribution in [0.5, 0.6) is 0 Å². The third-order valence-electron chi connectivity index (χ3n) is 3.12. The minimum atomic E-state index is -0.420. The van der Waals surface area contributed by atoms with E-state index in [1.54, 1.807) is 6.20 Å². The maximum absolute atomic E-state index is 12.8. The van der Waals surface area contributed by atoms with Gasteiger partial charge >= 0.3 is 5.97 Å². The molecule has 22 heavy (non-hydrogen) atoms. The van der Waals surface area contributed by atoms with Crippen molar-refractivity contribution in [2.45, 2.75) is 13.5 Å². The number of fused-ring (bicyclic) bond motifs is 1. The average molecular weight is 409 g/mol. The van der Waals surface area contributed by atoms with E-state index in [2.05, 4.69) is 27.7 Å². The van der Waals surface area contributed by atoms with Gasteiger partial charge in [-0.05, 0) is 40.8 Å². The van der Waals surface area contributed by atoms with E-state index in [9.17, 15) is 9.59 Å². The number of aromatic nitrogens is 3. The fourth-order valence-electron chi connectivity index (χ4n) is 2.18. The molecule has 0 aliphatic carbocycles. The summed E-state index contributed by atoms with van der Waals surface area (Å²) < 4.78 is 8.83. The first-order valence-corrected chi connectivity index (χ1v) is 7.63. The maximum Gasteiger partial charge on any atom is 0.303 e. The van der Waals surface area contributed by atoms with Gasteiger partial charge in [0.15, 0.2) is 12.4 Å². The van der Waals surface area contributed by atoms with Crippen LogP contribution in [0, 0.1) is 3.57 Å². The zero-order chi connectivity index (χ0) is 15.7. The van der Waals surface area contributed by atoms with Gasteiger partial charge in [-0.3, -0.25) is 14.2 Å². The van der Waals surface area contributed by atoms with Crippen LogP contribution >= 0.6 is 22.6 Å². The Labute approximate surface area is 139 Å². The SMILES string of the molecule is CC(=O)OCc1nn2ccc(I)c2c(=O)n1-c1ccccc1. The second kappa shape index (κ2) is 5.91. The molecule has 0 atom stereocenters. The molecule has 0 aliphatic rings. The predicted molar refractivity (Wildman–Crippen MR) is 89.0 cm³/mol. The largest absolute Gasteiger partial charge is 0.458 e. The molecule has 3 rings (SSSR count). The molecule has 0 amide bonds. The van der Waals surface area contributed by atoms with Crippen molar-refractivity contribution in [3.05, 3.63) is 62.3 Å². The smallest absolute Gasteiger partial charge is 0.303 e. The number of carbonyl (C=O) groups is 1. The first-order chi connectivity index (χ1) is 10.6. The van der Waals surface area contributed by atoms with E-state index < -0.39 is 5.97 Å². The molecule has 0 saturated heterocycles. The minimum Gasteiger partial charge on any atom is -0.458 e. The van der Waals surface area contributed by atoms with Crippen molar-refractivity contribution in [3.8, 4) is 5.69 Å². The zero-order valence-electron chi connectivity index (χ0n) is 11.7. The highest BCUT2D eigenvalue weighted by atomic mass is 127. The van der Waals surface area contributed by atoms with E-state index in [1.165, 1.54) is 16.0 Å². The van der Waals surface area contributed by atoms with Crippen LogP contribution in [-0.4, -0.2) is 20.2 Å². The molecule has 0 bridgehead atoms. The summed E-state index contributed by atoms with van der Waals surface area (Å²) in [6.07, 6.45) is 1.71. The van der Waals surface area contributed by atoms with Gasteiger partial charge in [0, 0.05) is 16.7 Å². The minimum absolute atomic E-state index is 0.0653. The highest BCUT2D eigenvalue weighted by molar-refractivity contribution is 14.1. The van der Waals surface area contributed by atoms with Crippen LogP contribution in [0.15, 0.2) is 47.4 Å². The number of nitrogens with zero attached hydrogens (tertiary/aromatic N) is 3. The summed E-state index contributed by atoms with van der Waals surface area (Å²) in [5.41, 5.74) is 0.982. The topological polar surface area (TPSA) is 65.6 Å². The van der Waals surface area contributed by atoms with Gasteiger partial charge in [-0.1, -0.05) is 18.2 Å². The Bertz CT molecular complexity index is 900. The van der Waals surface area contributed by atoms with E-state index in [0.717, 1.165) is 3.57 Å². The van der Waals surface area contributed by atoms with E-state index in [0.29, 0.717) is 17.0 Å². The standard InChI is InChI=1S/C15H12IN3O3/c1-10(20)22-9-13-17-18-8-7-12(16)14(18)15(21)19(13)11-5-3-2-4-6-11/h2-8H,9H2,1H3. The molecule has 2 heterocycles. The van der Waals surface area contributed by atoms with Crippen molar-refractivity contribution < 1.29 is 9.53 Å². The van der Waals surface area contributed by atoms with Gasteiger partial charge in [0.05, 0.1) is 5.69 Å². The fraction of sp³-hybridized carbons (Fsp3) is 0.133. The number of rotatable bonds is 3. The Morgan fingerprint density at radius 3 is 2.68 bits per heavy atom. The molecule has 0 unspecified atom stereocenters. The molecule has 0 radical (unpaired) electrons. The second-order valence-electron chi connectivity index (χ2n) is 4.63. The van der Waals surface area contributed by atoms with Crippen LogP contribution in [0.1, 0.15) is 12.7 Å². The van der Waals surface area contributed by atoms with E-state index >= 15 is 0 Å². The molecular weight excluding hydrogens is 397 g/mol. The van der Waals surface area contributed by atoms with E-state index in [1.807, 2.05) is 36.4 Å². The molecule has 112 valence electrons. The quantitative estimate of drug-likeness (QED) is 0.491. The molecule has 1 aromatic carbocycles. The van der Waals surface area contributed by atoms with Gasteiger partial charge < -0.3 is 4.74 Å². The van der Waals surface area contributed by atoms with Gasteiger partial charge in [0.2, 0.25) is 0 Å². The van der Waals surface area contributed by atoms with Crippen molar-refractivity contribution in [1.29, 1.82) is 0 Å². The molecule has 0 N–H and O–H groups in total. The van der Waals surface area contributed by atoms with Crippen molar-refractivity contribution in [2.24, 2.45) is 0 Å². The normalized spacial score (nSPS) is 10.8. The third-order valence-corrected chi connectivity index (χ3v) is 3.99. The average Bonchev–Trinajstić information content (AvgIpc) is 2.87. The number of benzene rings is 1. The number of hydrogen-bond donors (Lipinski definition) is 0. The van der Waals surface area contributed by atoms with Crippen molar-refractivity contribution >= 4 is 34.1 Å². The van der Waals surface area contributed by atoms with Gasteiger partial charge in [-0.15, -0.1) is 0 Å². The molecular formula is C15H12IN3O3. The monoisotopic (exact) mass is 409 g/mol. The molecule has 2 aromatic heterocycles. The molecule has 3 aromatic rings. The number of ether oxygens (including phenoxy) is 1. The van der Waals surface area contributed by atoms with Crippen LogP contribution in [0.4, 0.5) is 0 Å². The second-order valence-corrected chi connectivity index (χ2v) is 5.79. The van der Waals surface area contributed by atoms with Crippen LogP contribution in [0.2, 0.25) is 0 Å². The van der Waals surface area contributed by atoms with Gasteiger partial charge in [-0.25, -0.2) is 4.52 Å². The number of halogens is 1. The molecule has 0 aliphatic heterocycles. The molecule has 7 heteroatoms. The molecule has 0 spiro atoms. The Hall–Kier alpha value is -2.16. The van der Waals surface area contributed by atoms with Crippen LogP contribution in [0.3, 0.4) is 0 Å². The Kier molecular flexibility index (Phi) is 3.97. The summed E-state index contributed by atoms with van der Waals surface area (Å²) in [6, 6.07) is 11.0. The number of para-hydroxylation sites is 1. The van der Waals surface area contributed by atoms with Crippen molar-refractivity contribution in [1.82, 2.24) is 14.2 Å². The first-order valence-electron chi connectivity index (χ1n) is 6.55. The fourth-order valence-corrected chi connectivity index (χ4v) is 2.82. The van der Waals surface area contributed by atoms with Crippen molar-refractivity contribution in [3.63, 3.8) is 0 Å². The van der Waals surface area contributed by atoms with Crippen LogP contribution < -0.4 is 5.56 Å². The Morgan fingerprint density at radius 1 is 1.27 bits per heavy atom. The highest BCUT2D eigenvalue weighted by Gasteiger charge is 2.15. The third kappa shape index (κ3) is 2.63. The first kappa shape index (κ1) is 14.8. The molecule has 0 fully saturated rings. The molecule has 0 saturated carbocycles. The lowest BCUT2D eigenvalue weighted by atomic mass is 10.3. The Balaban J connectivity index is 2.27. The maximum atomic E-state index is 12.8. The summed E-state index contributed by atoms with van der Waals surface area (Å²) in [6.45, 7) is 1.26. The molecule has 6 nitrogen and oxygen atoms in total. The summed E-state index contributed by atoms with van der Waals surface area (Å²) in [5, 5.41) is 4.40. The van der Waals surface area contributed by atoms with Crippen molar-refractivity contribution in [2.75, 3.05) is 0 Å². The number of esters is 1. The lowest BCUT2D eigenvalue weighted by Gasteiger charge is -2.12. The predicted octanol–water partition coefficient (Wildman–Crippen LogP) is 2.15. The van der Waals surface area contributed by atoms with Crippen LogP contribution in [-0.2, 0) is 16.1 Å². The number of hydrogen-bond acceptors (Lipinski definition) is 4. The Morgan fingerprint density at radius 2 is 2.00 bits per heavy atom. The van der Waals surface area contributed by atoms with Crippen LogP contribution in [0.25, 0.3) is 11.2 Å². The summed E-state index contributed by atoms with van der Waals surface area (Å²) in [4.78, 5) is 23.9. The van der Waals surface area contributed by atoms with Gasteiger partial charge in [-0.2, -0.15) is 5.10 Å². The van der Waals surface area contributed by atoms with E-state index in [-0.39, 0.29) is 12.2 Å². The zero-order valence-corrected chi connectivity index (χ0v) is 13.9.